The number of rotatable bonds is 0. The zero-order valence-corrected chi connectivity index (χ0v) is 11.7. The van der Waals surface area contributed by atoms with Gasteiger partial charge in [-0.2, -0.15) is 0 Å². The van der Waals surface area contributed by atoms with Gasteiger partial charge in [0.25, 0.3) is 0 Å². The molecule has 2 aliphatic heterocycles. The highest BCUT2D eigenvalue weighted by molar-refractivity contribution is 5.93. The van der Waals surface area contributed by atoms with Crippen LogP contribution in [0, 0.1) is 0 Å². The molecular weight excluding hydrogens is 244 g/mol. The molecule has 104 valence electrons. The normalized spacial score (nSPS) is 44.9. The maximum Gasteiger partial charge on any atom is 0.339 e. The predicted octanol–water partition coefficient (Wildman–Crippen LogP) is 2.23. The van der Waals surface area contributed by atoms with Crippen molar-refractivity contribution in [2.45, 2.75) is 63.8 Å². The first-order valence-corrected chi connectivity index (χ1v) is 6.86. The summed E-state index contributed by atoms with van der Waals surface area (Å²) in [7, 11) is 0. The zero-order chi connectivity index (χ0) is 13.8. The Kier molecular flexibility index (Phi) is 2.67. The van der Waals surface area contributed by atoms with Crippen LogP contribution in [0.25, 0.3) is 0 Å². The van der Waals surface area contributed by atoms with E-state index < -0.39 is 5.60 Å². The standard InChI is InChI=1S/C15H20O4/c1-9-10-4-6-14(2,17)7-5-12-15(3,19-12)8-11(10)18-13(9)16/h8,12,17H,4-7H2,1-3H3/b11-8+/t12-,14+,15+/m1/s1. The monoisotopic (exact) mass is 264 g/mol. The second-order valence-corrected chi connectivity index (χ2v) is 6.33. The Morgan fingerprint density at radius 1 is 1.37 bits per heavy atom. The number of fused-ring (bicyclic) bond motifs is 2. The van der Waals surface area contributed by atoms with Gasteiger partial charge in [0, 0.05) is 11.1 Å². The molecule has 0 radical (unpaired) electrons. The van der Waals surface area contributed by atoms with E-state index in [1.54, 1.807) is 6.92 Å². The van der Waals surface area contributed by atoms with Crippen molar-refractivity contribution in [3.63, 3.8) is 0 Å². The number of ether oxygens (including phenoxy) is 2. The molecule has 4 heteroatoms. The summed E-state index contributed by atoms with van der Waals surface area (Å²) in [5, 5.41) is 10.4. The molecule has 1 N–H and O–H groups in total. The van der Waals surface area contributed by atoms with Gasteiger partial charge in [-0.15, -0.1) is 0 Å². The van der Waals surface area contributed by atoms with Gasteiger partial charge in [0.1, 0.15) is 11.4 Å². The lowest BCUT2D eigenvalue weighted by Gasteiger charge is -2.24. The lowest BCUT2D eigenvalue weighted by molar-refractivity contribution is -0.133. The van der Waals surface area contributed by atoms with Gasteiger partial charge in [-0.25, -0.2) is 4.79 Å². The van der Waals surface area contributed by atoms with Gasteiger partial charge in [-0.1, -0.05) is 0 Å². The third-order valence-corrected chi connectivity index (χ3v) is 4.51. The second-order valence-electron chi connectivity index (χ2n) is 6.33. The quantitative estimate of drug-likeness (QED) is 0.538. The molecule has 3 aliphatic rings. The first-order chi connectivity index (χ1) is 8.81. The number of allylic oxidation sites excluding steroid dienone is 1. The molecule has 2 heterocycles. The minimum absolute atomic E-state index is 0.116. The minimum atomic E-state index is -0.714. The minimum Gasteiger partial charge on any atom is -0.423 e. The van der Waals surface area contributed by atoms with E-state index in [2.05, 4.69) is 0 Å². The lowest BCUT2D eigenvalue weighted by Crippen LogP contribution is -2.26. The van der Waals surface area contributed by atoms with E-state index in [4.69, 9.17) is 9.47 Å². The summed E-state index contributed by atoms with van der Waals surface area (Å²) in [6.45, 7) is 5.64. The number of carbonyl (C=O) groups excluding carboxylic acids is 1. The van der Waals surface area contributed by atoms with Crippen LogP contribution in [0.4, 0.5) is 0 Å². The van der Waals surface area contributed by atoms with E-state index in [0.717, 1.165) is 18.4 Å². The molecule has 0 bridgehead atoms. The Morgan fingerprint density at radius 2 is 2.11 bits per heavy atom. The smallest absolute Gasteiger partial charge is 0.339 e. The number of hydrogen-bond acceptors (Lipinski definition) is 4. The second kappa shape index (κ2) is 3.93. The van der Waals surface area contributed by atoms with E-state index in [-0.39, 0.29) is 17.7 Å². The molecule has 1 fully saturated rings. The maximum atomic E-state index is 11.7. The van der Waals surface area contributed by atoms with Crippen LogP contribution in [0.5, 0.6) is 0 Å². The van der Waals surface area contributed by atoms with Gasteiger partial charge in [-0.05, 0) is 52.5 Å². The largest absolute Gasteiger partial charge is 0.423 e. The van der Waals surface area contributed by atoms with Crippen molar-refractivity contribution in [1.82, 2.24) is 0 Å². The summed E-state index contributed by atoms with van der Waals surface area (Å²) in [4.78, 5) is 11.7. The van der Waals surface area contributed by atoms with Crippen molar-refractivity contribution in [2.75, 3.05) is 0 Å². The fourth-order valence-electron chi connectivity index (χ4n) is 2.94. The Hall–Kier alpha value is -1.13. The molecule has 3 rings (SSSR count). The molecule has 0 aromatic rings. The molecule has 19 heavy (non-hydrogen) atoms. The molecule has 0 aromatic heterocycles. The zero-order valence-electron chi connectivity index (χ0n) is 11.7. The summed E-state index contributed by atoms with van der Waals surface area (Å²) in [6, 6.07) is 0. The maximum absolute atomic E-state index is 11.7. The molecule has 3 atom stereocenters. The van der Waals surface area contributed by atoms with Crippen LogP contribution in [0.15, 0.2) is 23.0 Å². The van der Waals surface area contributed by atoms with Crippen LogP contribution in [-0.4, -0.2) is 28.4 Å². The van der Waals surface area contributed by atoms with E-state index in [0.29, 0.717) is 24.2 Å². The van der Waals surface area contributed by atoms with Crippen LogP contribution < -0.4 is 0 Å². The van der Waals surface area contributed by atoms with Gasteiger partial charge >= 0.3 is 5.97 Å². The number of esters is 1. The fraction of sp³-hybridized carbons (Fsp3) is 0.667. The van der Waals surface area contributed by atoms with Crippen molar-refractivity contribution >= 4 is 5.97 Å². The molecule has 0 aromatic carbocycles. The van der Waals surface area contributed by atoms with Crippen molar-refractivity contribution < 1.29 is 19.4 Å². The number of aliphatic hydroxyl groups is 1. The van der Waals surface area contributed by atoms with Gasteiger partial charge in [0.15, 0.2) is 0 Å². The lowest BCUT2D eigenvalue weighted by atomic mass is 9.87. The van der Waals surface area contributed by atoms with Crippen LogP contribution in [0.2, 0.25) is 0 Å². The Morgan fingerprint density at radius 3 is 2.84 bits per heavy atom. The number of carbonyl (C=O) groups is 1. The van der Waals surface area contributed by atoms with Crippen molar-refractivity contribution in [2.24, 2.45) is 0 Å². The highest BCUT2D eigenvalue weighted by Gasteiger charge is 2.52. The molecule has 1 saturated heterocycles. The van der Waals surface area contributed by atoms with Gasteiger partial charge in [0.05, 0.1) is 11.7 Å². The topological polar surface area (TPSA) is 59.1 Å². The molecule has 0 amide bonds. The first-order valence-electron chi connectivity index (χ1n) is 6.86. The average Bonchev–Trinajstić information content (AvgIpc) is 2.88. The molecule has 0 saturated carbocycles. The Balaban J connectivity index is 1.97. The summed E-state index contributed by atoms with van der Waals surface area (Å²) in [5.41, 5.74) is 0.513. The molecule has 4 nitrogen and oxygen atoms in total. The average molecular weight is 264 g/mol. The third-order valence-electron chi connectivity index (χ3n) is 4.51. The molecule has 0 unspecified atom stereocenters. The molecule has 0 spiro atoms. The summed E-state index contributed by atoms with van der Waals surface area (Å²) < 4.78 is 11.0. The fourth-order valence-corrected chi connectivity index (χ4v) is 2.94. The Bertz CT molecular complexity index is 500. The van der Waals surface area contributed by atoms with Crippen LogP contribution in [0.1, 0.15) is 46.5 Å². The van der Waals surface area contributed by atoms with E-state index in [1.165, 1.54) is 0 Å². The SMILES string of the molecule is CC1=C2CC[C@](C)(O)CC[C@H]3O[C@@]3(C)/C=C\2OC1=O. The highest BCUT2D eigenvalue weighted by atomic mass is 16.6. The van der Waals surface area contributed by atoms with Crippen molar-refractivity contribution in [3.8, 4) is 0 Å². The third kappa shape index (κ3) is 2.23. The number of hydrogen-bond donors (Lipinski definition) is 1. The van der Waals surface area contributed by atoms with Crippen LogP contribution in [-0.2, 0) is 14.3 Å². The van der Waals surface area contributed by atoms with Gasteiger partial charge < -0.3 is 14.6 Å². The summed E-state index contributed by atoms with van der Waals surface area (Å²) >= 11 is 0. The van der Waals surface area contributed by atoms with Crippen molar-refractivity contribution in [3.05, 3.63) is 23.0 Å². The molecule has 1 aliphatic carbocycles. The van der Waals surface area contributed by atoms with Crippen LogP contribution >= 0.6 is 0 Å². The van der Waals surface area contributed by atoms with E-state index in [1.807, 2.05) is 19.9 Å². The van der Waals surface area contributed by atoms with E-state index in [9.17, 15) is 9.90 Å². The predicted molar refractivity (Wildman–Crippen MR) is 69.2 cm³/mol. The summed E-state index contributed by atoms with van der Waals surface area (Å²) in [5.74, 6) is 0.353. The summed E-state index contributed by atoms with van der Waals surface area (Å²) in [6.07, 6.45) is 4.90. The van der Waals surface area contributed by atoms with Gasteiger partial charge in [-0.3, -0.25) is 0 Å². The highest BCUT2D eigenvalue weighted by Crippen LogP contribution is 2.46. The number of epoxide rings is 1. The first kappa shape index (κ1) is 12.9. The molecular formula is C15H20O4. The Labute approximate surface area is 113 Å². The van der Waals surface area contributed by atoms with Crippen LogP contribution in [0.3, 0.4) is 0 Å². The van der Waals surface area contributed by atoms with Crippen molar-refractivity contribution in [1.29, 1.82) is 0 Å². The van der Waals surface area contributed by atoms with Gasteiger partial charge in [0.2, 0.25) is 0 Å². The van der Waals surface area contributed by atoms with E-state index >= 15 is 0 Å².